The van der Waals surface area contributed by atoms with Crippen LogP contribution in [0.1, 0.15) is 44.5 Å². The maximum Gasteiger partial charge on any atom is 0.252 e. The first-order valence-electron chi connectivity index (χ1n) is 14.6. The number of Topliss-reactive ketones (excluding diaryl/α,β-unsaturated/α-hetero) is 1. The molecular weight excluding hydrogens is 557 g/mol. The summed E-state index contributed by atoms with van der Waals surface area (Å²) in [5.74, 6) is -1.52. The number of fused-ring (bicyclic) bond motifs is 1. The number of hydrogen-bond donors (Lipinski definition) is 1. The van der Waals surface area contributed by atoms with E-state index in [2.05, 4.69) is 27.1 Å². The summed E-state index contributed by atoms with van der Waals surface area (Å²) < 4.78 is 21.1. The van der Waals surface area contributed by atoms with E-state index in [9.17, 15) is 14.4 Å². The molecule has 42 heavy (non-hydrogen) atoms. The molecule has 0 bridgehead atoms. The van der Waals surface area contributed by atoms with Crippen LogP contribution in [-0.4, -0.2) is 96.9 Å². The molecule has 2 aromatic rings. The number of likely N-dealkylation sites (N-methyl/N-ethyl adjacent to an activating group) is 1. The molecule has 1 aromatic heterocycles. The van der Waals surface area contributed by atoms with Gasteiger partial charge in [0.25, 0.3) is 5.91 Å². The molecule has 3 aliphatic rings. The van der Waals surface area contributed by atoms with Crippen LogP contribution in [0.5, 0.6) is 0 Å². The second-order valence-corrected chi connectivity index (χ2v) is 13.1. The van der Waals surface area contributed by atoms with Crippen molar-refractivity contribution in [2.24, 2.45) is 11.8 Å². The summed E-state index contributed by atoms with van der Waals surface area (Å²) >= 11 is 1.48. The molecule has 0 aliphatic carbocycles. The smallest absolute Gasteiger partial charge is 0.252 e. The topological polar surface area (TPSA) is 95.1 Å². The molecule has 3 aliphatic heterocycles. The van der Waals surface area contributed by atoms with Crippen LogP contribution in [0, 0.1) is 17.7 Å². The average molecular weight is 598 g/mol. The second-order valence-electron chi connectivity index (χ2n) is 12.2. The number of aromatic nitrogens is 1. The number of halogens is 1. The van der Waals surface area contributed by atoms with Gasteiger partial charge in [-0.2, -0.15) is 0 Å². The van der Waals surface area contributed by atoms with Crippen LogP contribution in [0.15, 0.2) is 35.2 Å². The number of hydrogen-bond acceptors (Lipinski definition) is 8. The number of ether oxygens (including phenoxy) is 1. The van der Waals surface area contributed by atoms with E-state index >= 15 is 4.39 Å². The fourth-order valence-corrected chi connectivity index (χ4v) is 6.90. The van der Waals surface area contributed by atoms with E-state index in [0.29, 0.717) is 24.2 Å². The Balaban J connectivity index is 1.31. The number of anilines is 1. The van der Waals surface area contributed by atoms with Crippen LogP contribution in [0.3, 0.4) is 0 Å². The van der Waals surface area contributed by atoms with Gasteiger partial charge in [-0.05, 0) is 51.4 Å². The molecule has 0 spiro atoms. The molecular formula is C31H40FN5O4S. The van der Waals surface area contributed by atoms with Gasteiger partial charge in [0, 0.05) is 55.1 Å². The number of amides is 2. The lowest BCUT2D eigenvalue weighted by molar-refractivity contribution is -0.138. The minimum atomic E-state index is -0.857. The number of nitrogens with zero attached hydrogens (tertiary/aromatic N) is 4. The quantitative estimate of drug-likeness (QED) is 0.465. The van der Waals surface area contributed by atoms with Crippen molar-refractivity contribution in [3.8, 4) is 11.3 Å². The van der Waals surface area contributed by atoms with Crippen molar-refractivity contribution in [3.05, 3.63) is 46.6 Å². The van der Waals surface area contributed by atoms with Crippen molar-refractivity contribution in [1.82, 2.24) is 20.1 Å². The Morgan fingerprint density at radius 2 is 1.95 bits per heavy atom. The van der Waals surface area contributed by atoms with E-state index in [0.717, 1.165) is 36.9 Å². The standard InChI is InChI=1S/C31H40FN5O4S/c1-18(2)12-21-15-37(27-26(38)16-41-28(21)27)30(40)24(13-19(3)4)33-29(39)20-6-7-22(23(32)14-20)25-17-42-31(34-25)36-10-8-35(5)9-11-36/h6-7,12,14,17,19,21,24,27-28H,8-11,13,15-16H2,1-5H3,(H,33,39). The number of nitrogens with one attached hydrogen (secondary N) is 1. The van der Waals surface area contributed by atoms with E-state index in [4.69, 9.17) is 4.74 Å². The normalized spacial score (nSPS) is 23.3. The Kier molecular flexibility index (Phi) is 9.10. The summed E-state index contributed by atoms with van der Waals surface area (Å²) in [6.45, 7) is 11.9. The van der Waals surface area contributed by atoms with Crippen molar-refractivity contribution in [3.63, 3.8) is 0 Å². The predicted molar refractivity (Wildman–Crippen MR) is 161 cm³/mol. The Morgan fingerprint density at radius 3 is 2.62 bits per heavy atom. The van der Waals surface area contributed by atoms with E-state index < -0.39 is 23.8 Å². The molecule has 0 saturated carbocycles. The van der Waals surface area contributed by atoms with E-state index in [-0.39, 0.29) is 41.8 Å². The van der Waals surface area contributed by atoms with Gasteiger partial charge < -0.3 is 24.8 Å². The highest BCUT2D eigenvalue weighted by Gasteiger charge is 2.52. The molecule has 5 rings (SSSR count). The van der Waals surface area contributed by atoms with Crippen LogP contribution >= 0.6 is 11.3 Å². The first-order valence-corrected chi connectivity index (χ1v) is 15.5. The number of ketones is 1. The molecule has 0 radical (unpaired) electrons. The summed E-state index contributed by atoms with van der Waals surface area (Å²) in [6, 6.07) is 2.81. The van der Waals surface area contributed by atoms with E-state index in [1.165, 1.54) is 17.4 Å². The predicted octanol–water partition coefficient (Wildman–Crippen LogP) is 3.61. The number of piperazine rings is 1. The van der Waals surface area contributed by atoms with Crippen LogP contribution in [0.25, 0.3) is 11.3 Å². The summed E-state index contributed by atoms with van der Waals surface area (Å²) in [7, 11) is 2.09. The maximum absolute atomic E-state index is 15.3. The number of benzene rings is 1. The molecule has 4 heterocycles. The monoisotopic (exact) mass is 597 g/mol. The van der Waals surface area contributed by atoms with Crippen molar-refractivity contribution in [1.29, 1.82) is 0 Å². The molecule has 1 N–H and O–H groups in total. The van der Waals surface area contributed by atoms with Gasteiger partial charge in [-0.15, -0.1) is 11.3 Å². The lowest BCUT2D eigenvalue weighted by Crippen LogP contribution is -2.52. The number of likely N-dealkylation sites (tertiary alicyclic amines) is 1. The molecule has 3 fully saturated rings. The summed E-state index contributed by atoms with van der Waals surface area (Å²) in [5.41, 5.74) is 2.06. The zero-order valence-electron chi connectivity index (χ0n) is 24.9. The Hall–Kier alpha value is -3.15. The summed E-state index contributed by atoms with van der Waals surface area (Å²) in [5, 5.41) is 5.53. The number of rotatable bonds is 8. The fraction of sp³-hybridized carbons (Fsp3) is 0.548. The van der Waals surface area contributed by atoms with Crippen molar-refractivity contribution >= 4 is 34.1 Å². The van der Waals surface area contributed by atoms with Crippen molar-refractivity contribution in [2.45, 2.75) is 52.3 Å². The highest BCUT2D eigenvalue weighted by molar-refractivity contribution is 7.14. The third-order valence-corrected chi connectivity index (χ3v) is 9.04. The molecule has 4 atom stereocenters. The maximum atomic E-state index is 15.3. The first-order chi connectivity index (χ1) is 20.0. The third kappa shape index (κ3) is 6.43. The largest absolute Gasteiger partial charge is 0.367 e. The zero-order chi connectivity index (χ0) is 30.1. The second kappa shape index (κ2) is 12.6. The third-order valence-electron chi connectivity index (χ3n) is 8.14. The van der Waals surface area contributed by atoms with Crippen molar-refractivity contribution < 1.29 is 23.5 Å². The summed E-state index contributed by atoms with van der Waals surface area (Å²) in [6.07, 6.45) is 2.05. The highest BCUT2D eigenvalue weighted by Crippen LogP contribution is 2.34. The van der Waals surface area contributed by atoms with Gasteiger partial charge >= 0.3 is 0 Å². The lowest BCUT2D eigenvalue weighted by atomic mass is 9.99. The van der Waals surface area contributed by atoms with Crippen LogP contribution in [0.4, 0.5) is 9.52 Å². The van der Waals surface area contributed by atoms with Crippen LogP contribution in [-0.2, 0) is 14.3 Å². The highest BCUT2D eigenvalue weighted by atomic mass is 32.1. The lowest BCUT2D eigenvalue weighted by Gasteiger charge is -2.32. The first kappa shape index (κ1) is 30.3. The van der Waals surface area contributed by atoms with Gasteiger partial charge in [0.2, 0.25) is 5.91 Å². The molecule has 2 amide bonds. The van der Waals surface area contributed by atoms with Crippen LogP contribution in [0.2, 0.25) is 0 Å². The minimum Gasteiger partial charge on any atom is -0.367 e. The minimum absolute atomic E-state index is 0.0189. The number of carbonyl (C=O) groups excluding carboxylic acids is 3. The van der Waals surface area contributed by atoms with Gasteiger partial charge in [0.1, 0.15) is 24.5 Å². The summed E-state index contributed by atoms with van der Waals surface area (Å²) in [4.78, 5) is 50.5. The Labute approximate surface area is 250 Å². The average Bonchev–Trinajstić information content (AvgIpc) is 3.66. The van der Waals surface area contributed by atoms with Gasteiger partial charge in [0.15, 0.2) is 10.9 Å². The molecule has 1 aromatic carbocycles. The molecule has 3 saturated heterocycles. The molecule has 226 valence electrons. The Bertz CT molecular complexity index is 1360. The van der Waals surface area contributed by atoms with Gasteiger partial charge in [0.05, 0.1) is 11.8 Å². The van der Waals surface area contributed by atoms with Gasteiger partial charge in [-0.25, -0.2) is 9.37 Å². The van der Waals surface area contributed by atoms with E-state index in [1.54, 1.807) is 17.0 Å². The Morgan fingerprint density at radius 1 is 1.21 bits per heavy atom. The zero-order valence-corrected chi connectivity index (χ0v) is 25.7. The van der Waals surface area contributed by atoms with Crippen molar-refractivity contribution in [2.75, 3.05) is 51.3 Å². The number of thiazole rings is 1. The fourth-order valence-electron chi connectivity index (χ4n) is 6.02. The molecule has 11 heteroatoms. The number of allylic oxidation sites excluding steroid dienone is 1. The van der Waals surface area contributed by atoms with Gasteiger partial charge in [-0.3, -0.25) is 14.4 Å². The number of carbonyl (C=O) groups is 3. The van der Waals surface area contributed by atoms with Crippen LogP contribution < -0.4 is 10.2 Å². The molecule has 9 nitrogen and oxygen atoms in total. The van der Waals surface area contributed by atoms with Gasteiger partial charge in [-0.1, -0.05) is 25.5 Å². The van der Waals surface area contributed by atoms with E-state index in [1.807, 2.05) is 39.2 Å². The SMILES string of the molecule is CC(C)=CC1CN(C(=O)C(CC(C)C)NC(=O)c2ccc(-c3csc(N4CCN(C)CC4)n3)c(F)c2)C2C(=O)COC12. The molecule has 4 unspecified atom stereocenters.